The molecule has 1 amide bonds. The van der Waals surface area contributed by atoms with Crippen LogP contribution in [0.5, 0.6) is 5.75 Å². The Morgan fingerprint density at radius 3 is 2.81 bits per heavy atom. The van der Waals surface area contributed by atoms with Gasteiger partial charge in [0.1, 0.15) is 11.9 Å². The number of nitrogens with one attached hydrogen (secondary N) is 2. The summed E-state index contributed by atoms with van der Waals surface area (Å²) in [5.74, 6) is 1.60. The minimum Gasteiger partial charge on any atom is -0.488 e. The fraction of sp³-hybridized carbons (Fsp3) is 0.458. The van der Waals surface area contributed by atoms with Crippen LogP contribution in [0.15, 0.2) is 36.7 Å². The standard InChI is InChI=1S/C24H27N5O3/c1-14-6-21(22(11-25-14)32-20-8-17-12-31-13-18(9-20)26-17)16-4-5-29-19(7-16)10-23(28-29)27-24(30)15-2-3-15/h4-7,10-11,15,17-18,20,26H,2-3,8-9,12-13H2,1H3,(H,27,28,30). The third-order valence-electron chi connectivity index (χ3n) is 6.48. The number of aryl methyl sites for hydroxylation is 1. The first-order valence-corrected chi connectivity index (χ1v) is 11.4. The van der Waals surface area contributed by atoms with Gasteiger partial charge >= 0.3 is 0 Å². The fourth-order valence-corrected chi connectivity index (χ4v) is 4.72. The fourth-order valence-electron chi connectivity index (χ4n) is 4.72. The molecule has 3 aromatic heterocycles. The number of carbonyl (C=O) groups excluding carboxylic acids is 1. The normalized spacial score (nSPS) is 25.0. The first-order chi connectivity index (χ1) is 15.6. The molecule has 2 atom stereocenters. The van der Waals surface area contributed by atoms with Crippen LogP contribution in [0.2, 0.25) is 0 Å². The van der Waals surface area contributed by atoms with Crippen molar-refractivity contribution in [2.45, 2.75) is 50.8 Å². The van der Waals surface area contributed by atoms with Gasteiger partial charge in [0, 0.05) is 54.4 Å². The highest BCUT2D eigenvalue weighted by Gasteiger charge is 2.33. The molecular formula is C24H27N5O3. The molecule has 3 fully saturated rings. The summed E-state index contributed by atoms with van der Waals surface area (Å²) in [6.07, 6.45) is 7.69. The van der Waals surface area contributed by atoms with Crippen molar-refractivity contribution in [3.8, 4) is 16.9 Å². The molecule has 3 aliphatic rings. The number of anilines is 1. The van der Waals surface area contributed by atoms with Crippen LogP contribution in [0, 0.1) is 12.8 Å². The van der Waals surface area contributed by atoms with Gasteiger partial charge in [0.05, 0.1) is 24.9 Å². The van der Waals surface area contributed by atoms with E-state index in [1.807, 2.05) is 31.5 Å². The van der Waals surface area contributed by atoms with Crippen LogP contribution in [-0.2, 0) is 9.53 Å². The van der Waals surface area contributed by atoms with Gasteiger partial charge in [0.25, 0.3) is 0 Å². The van der Waals surface area contributed by atoms with Crippen molar-refractivity contribution in [3.63, 3.8) is 0 Å². The first-order valence-electron chi connectivity index (χ1n) is 11.4. The quantitative estimate of drug-likeness (QED) is 0.643. The highest BCUT2D eigenvalue weighted by Crippen LogP contribution is 2.34. The van der Waals surface area contributed by atoms with E-state index in [9.17, 15) is 4.79 Å². The van der Waals surface area contributed by atoms with E-state index in [0.717, 1.165) is 67.0 Å². The smallest absolute Gasteiger partial charge is 0.228 e. The molecule has 2 N–H and O–H groups in total. The number of nitrogens with zero attached hydrogens (tertiary/aromatic N) is 3. The Hall–Kier alpha value is -2.97. The zero-order chi connectivity index (χ0) is 21.7. The SMILES string of the molecule is Cc1cc(-c2ccn3nc(NC(=O)C4CC4)cc3c2)c(OC2CC3COCC(C2)N3)cn1. The monoisotopic (exact) mass is 433 g/mol. The van der Waals surface area contributed by atoms with Crippen LogP contribution in [0.25, 0.3) is 16.6 Å². The van der Waals surface area contributed by atoms with Crippen molar-refractivity contribution in [1.82, 2.24) is 19.9 Å². The second-order valence-corrected chi connectivity index (χ2v) is 9.21. The largest absolute Gasteiger partial charge is 0.488 e. The molecule has 0 spiro atoms. The highest BCUT2D eigenvalue weighted by molar-refractivity contribution is 5.93. The number of pyridine rings is 2. The molecule has 166 valence electrons. The Balaban J connectivity index is 1.27. The minimum atomic E-state index is 0.0613. The van der Waals surface area contributed by atoms with Crippen molar-refractivity contribution >= 4 is 17.2 Å². The average Bonchev–Trinajstić information content (AvgIpc) is 3.55. The molecule has 5 heterocycles. The van der Waals surface area contributed by atoms with Gasteiger partial charge < -0.3 is 20.1 Å². The number of hydrogen-bond acceptors (Lipinski definition) is 6. The summed E-state index contributed by atoms with van der Waals surface area (Å²) in [5.41, 5.74) is 3.91. The summed E-state index contributed by atoms with van der Waals surface area (Å²) >= 11 is 0. The van der Waals surface area contributed by atoms with Crippen LogP contribution in [0.3, 0.4) is 0 Å². The summed E-state index contributed by atoms with van der Waals surface area (Å²) < 4.78 is 13.9. The Labute approximate surface area is 186 Å². The maximum Gasteiger partial charge on any atom is 0.228 e. The summed E-state index contributed by atoms with van der Waals surface area (Å²) in [6, 6.07) is 8.78. The van der Waals surface area contributed by atoms with Crippen LogP contribution >= 0.6 is 0 Å². The van der Waals surface area contributed by atoms with E-state index in [-0.39, 0.29) is 17.9 Å². The minimum absolute atomic E-state index is 0.0613. The predicted octanol–water partition coefficient (Wildman–Crippen LogP) is 2.95. The number of fused-ring (bicyclic) bond motifs is 3. The van der Waals surface area contributed by atoms with Crippen molar-refractivity contribution in [2.75, 3.05) is 18.5 Å². The van der Waals surface area contributed by atoms with Crippen LogP contribution < -0.4 is 15.4 Å². The average molecular weight is 434 g/mol. The Morgan fingerprint density at radius 1 is 1.22 bits per heavy atom. The molecule has 2 aliphatic heterocycles. The van der Waals surface area contributed by atoms with Gasteiger partial charge in [-0.1, -0.05) is 0 Å². The lowest BCUT2D eigenvalue weighted by Crippen LogP contribution is -2.56. The lowest BCUT2D eigenvalue weighted by atomic mass is 9.94. The van der Waals surface area contributed by atoms with Crippen LogP contribution in [0.4, 0.5) is 5.82 Å². The summed E-state index contributed by atoms with van der Waals surface area (Å²) in [5, 5.41) is 11.0. The molecule has 2 unspecified atom stereocenters. The maximum absolute atomic E-state index is 12.1. The van der Waals surface area contributed by atoms with Crippen molar-refractivity contribution in [1.29, 1.82) is 0 Å². The highest BCUT2D eigenvalue weighted by atomic mass is 16.5. The van der Waals surface area contributed by atoms with E-state index in [1.165, 1.54) is 0 Å². The molecule has 3 aromatic rings. The third-order valence-corrected chi connectivity index (χ3v) is 6.48. The Kier molecular flexibility index (Phi) is 4.84. The molecule has 1 aliphatic carbocycles. The third kappa shape index (κ3) is 3.96. The molecule has 1 saturated carbocycles. The maximum atomic E-state index is 12.1. The van der Waals surface area contributed by atoms with Crippen LogP contribution in [0.1, 0.15) is 31.4 Å². The second-order valence-electron chi connectivity index (χ2n) is 9.21. The van der Waals surface area contributed by atoms with E-state index < -0.39 is 0 Å². The molecular weight excluding hydrogens is 406 g/mol. The molecule has 8 nitrogen and oxygen atoms in total. The number of rotatable bonds is 5. The van der Waals surface area contributed by atoms with E-state index >= 15 is 0 Å². The molecule has 0 radical (unpaired) electrons. The van der Waals surface area contributed by atoms with Crippen LogP contribution in [-0.4, -0.2) is 51.9 Å². The number of carbonyl (C=O) groups is 1. The van der Waals surface area contributed by atoms with E-state index in [1.54, 1.807) is 4.52 Å². The predicted molar refractivity (Wildman–Crippen MR) is 120 cm³/mol. The summed E-state index contributed by atoms with van der Waals surface area (Å²) in [4.78, 5) is 16.6. The second kappa shape index (κ2) is 7.86. The molecule has 2 bridgehead atoms. The lowest BCUT2D eigenvalue weighted by Gasteiger charge is -2.40. The van der Waals surface area contributed by atoms with Gasteiger partial charge in [-0.3, -0.25) is 9.78 Å². The number of morpholine rings is 1. The molecule has 2 saturated heterocycles. The Bertz CT molecular complexity index is 1160. The summed E-state index contributed by atoms with van der Waals surface area (Å²) in [6.45, 7) is 3.47. The zero-order valence-corrected chi connectivity index (χ0v) is 18.1. The molecule has 32 heavy (non-hydrogen) atoms. The van der Waals surface area contributed by atoms with E-state index in [2.05, 4.69) is 32.8 Å². The lowest BCUT2D eigenvalue weighted by molar-refractivity contribution is -0.117. The van der Waals surface area contributed by atoms with Crippen molar-refractivity contribution in [3.05, 3.63) is 42.4 Å². The molecule has 0 aromatic carbocycles. The van der Waals surface area contributed by atoms with E-state index in [4.69, 9.17) is 9.47 Å². The number of aromatic nitrogens is 3. The summed E-state index contributed by atoms with van der Waals surface area (Å²) in [7, 11) is 0. The number of amides is 1. The van der Waals surface area contributed by atoms with Gasteiger partial charge in [-0.05, 0) is 43.5 Å². The molecule has 6 rings (SSSR count). The van der Waals surface area contributed by atoms with Gasteiger partial charge in [-0.15, -0.1) is 0 Å². The zero-order valence-electron chi connectivity index (χ0n) is 18.1. The Morgan fingerprint density at radius 2 is 2.03 bits per heavy atom. The number of piperidine rings is 1. The number of hydrogen-bond donors (Lipinski definition) is 2. The first kappa shape index (κ1) is 19.7. The van der Waals surface area contributed by atoms with Gasteiger partial charge in [0.2, 0.25) is 5.91 Å². The van der Waals surface area contributed by atoms with Gasteiger partial charge in [-0.2, -0.15) is 5.10 Å². The topological polar surface area (TPSA) is 89.8 Å². The van der Waals surface area contributed by atoms with Gasteiger partial charge in [-0.25, -0.2) is 4.52 Å². The van der Waals surface area contributed by atoms with Crippen molar-refractivity contribution < 1.29 is 14.3 Å². The van der Waals surface area contributed by atoms with E-state index in [0.29, 0.717) is 17.9 Å². The molecule has 8 heteroatoms. The van der Waals surface area contributed by atoms with Crippen molar-refractivity contribution in [2.24, 2.45) is 5.92 Å². The van der Waals surface area contributed by atoms with Gasteiger partial charge in [0.15, 0.2) is 5.82 Å². The number of ether oxygens (including phenoxy) is 2.